The van der Waals surface area contributed by atoms with E-state index >= 15 is 0 Å². The zero-order chi connectivity index (χ0) is 31.3. The van der Waals surface area contributed by atoms with Gasteiger partial charge in [-0.25, -0.2) is 4.79 Å². The minimum absolute atomic E-state index is 0.0448. The zero-order valence-electron chi connectivity index (χ0n) is 27.4. The molecule has 4 aliphatic rings. The van der Waals surface area contributed by atoms with Crippen LogP contribution in [0.1, 0.15) is 92.6 Å². The number of benzene rings is 1. The molecule has 5 rings (SSSR count). The molecular formula is C34H54N2O6. The van der Waals surface area contributed by atoms with Crippen LogP contribution in [0.4, 0.5) is 10.5 Å². The Bertz CT molecular complexity index is 1070. The number of fused-ring (bicyclic) bond motifs is 4. The Morgan fingerprint density at radius 1 is 1.02 bits per heavy atom. The summed E-state index contributed by atoms with van der Waals surface area (Å²) in [6, 6.07) is 8.07. The van der Waals surface area contributed by atoms with Crippen LogP contribution in [0.25, 0.3) is 0 Å². The molecule has 2 amide bonds. The molecule has 1 saturated heterocycles. The summed E-state index contributed by atoms with van der Waals surface area (Å²) >= 11 is 0. The Labute approximate surface area is 253 Å². The molecule has 42 heavy (non-hydrogen) atoms. The molecule has 8 nitrogen and oxygen atoms in total. The van der Waals surface area contributed by atoms with Crippen LogP contribution in [0.5, 0.6) is 0 Å². The number of carbonyl (C=O) groups excluding carboxylic acids is 3. The molecular weight excluding hydrogens is 532 g/mol. The van der Waals surface area contributed by atoms with Crippen LogP contribution in [0.3, 0.4) is 0 Å². The number of likely N-dealkylation sites (tertiary alicyclic amines) is 1. The van der Waals surface area contributed by atoms with Gasteiger partial charge in [0.05, 0.1) is 24.3 Å². The molecule has 2 heterocycles. The van der Waals surface area contributed by atoms with Crippen molar-refractivity contribution in [1.29, 1.82) is 0 Å². The number of piperidine rings is 1. The molecule has 236 valence electrons. The van der Waals surface area contributed by atoms with E-state index in [-0.39, 0.29) is 22.9 Å². The Hall–Kier alpha value is -2.61. The third-order valence-electron chi connectivity index (χ3n) is 9.51. The van der Waals surface area contributed by atoms with Gasteiger partial charge in [0.1, 0.15) is 5.60 Å². The van der Waals surface area contributed by atoms with Gasteiger partial charge in [-0.2, -0.15) is 0 Å². The van der Waals surface area contributed by atoms with Gasteiger partial charge in [-0.15, -0.1) is 0 Å². The van der Waals surface area contributed by atoms with Crippen molar-refractivity contribution in [2.45, 2.75) is 104 Å². The Kier molecular flexibility index (Phi) is 11.1. The first-order valence-corrected chi connectivity index (χ1v) is 15.8. The second-order valence-electron chi connectivity index (χ2n) is 13.7. The summed E-state index contributed by atoms with van der Waals surface area (Å²) in [5, 5.41) is 0. The first-order valence-electron chi connectivity index (χ1n) is 15.8. The van der Waals surface area contributed by atoms with Gasteiger partial charge in [0.15, 0.2) is 0 Å². The highest BCUT2D eigenvalue weighted by Gasteiger charge is 2.50. The van der Waals surface area contributed by atoms with Gasteiger partial charge < -0.3 is 19.1 Å². The molecule has 2 aliphatic carbocycles. The molecule has 0 radical (unpaired) electrons. The summed E-state index contributed by atoms with van der Waals surface area (Å²) in [5.41, 5.74) is 1.28. The highest BCUT2D eigenvalue weighted by molar-refractivity contribution is 5.91. The minimum atomic E-state index is -0.511. The predicted molar refractivity (Wildman–Crippen MR) is 165 cm³/mol. The molecule has 5 unspecified atom stereocenters. The van der Waals surface area contributed by atoms with E-state index in [9.17, 15) is 14.4 Å². The normalized spacial score (nSPS) is 29.3. The second-order valence-corrected chi connectivity index (χ2v) is 13.7. The van der Waals surface area contributed by atoms with E-state index in [2.05, 4.69) is 19.9 Å². The summed E-state index contributed by atoms with van der Waals surface area (Å²) in [6.07, 6.45) is 6.99. The number of esters is 1. The Balaban J connectivity index is 0.000000227. The number of nitrogens with zero attached hydrogens (tertiary/aromatic N) is 2. The minimum Gasteiger partial charge on any atom is -0.469 e. The predicted octanol–water partition coefficient (Wildman–Crippen LogP) is 6.59. The fourth-order valence-electron chi connectivity index (χ4n) is 7.88. The third kappa shape index (κ3) is 7.29. The van der Waals surface area contributed by atoms with Crippen LogP contribution in [-0.2, 0) is 29.2 Å². The van der Waals surface area contributed by atoms with E-state index in [1.54, 1.807) is 12.0 Å². The summed E-state index contributed by atoms with van der Waals surface area (Å²) < 4.78 is 16.2. The summed E-state index contributed by atoms with van der Waals surface area (Å²) in [7, 11) is 3.29. The smallest absolute Gasteiger partial charge is 0.414 e. The molecule has 2 saturated carbocycles. The molecule has 0 N–H and O–H groups in total. The van der Waals surface area contributed by atoms with Crippen LogP contribution >= 0.6 is 0 Å². The number of carbonyl (C=O) groups is 3. The number of hydrogen-bond donors (Lipinski definition) is 0. The van der Waals surface area contributed by atoms with Crippen molar-refractivity contribution < 1.29 is 28.6 Å². The largest absolute Gasteiger partial charge is 0.469 e. The molecule has 3 fully saturated rings. The van der Waals surface area contributed by atoms with E-state index in [1.807, 2.05) is 57.7 Å². The van der Waals surface area contributed by atoms with Crippen molar-refractivity contribution in [1.82, 2.24) is 4.90 Å². The molecule has 5 atom stereocenters. The van der Waals surface area contributed by atoms with Gasteiger partial charge in [0, 0.05) is 32.2 Å². The monoisotopic (exact) mass is 586 g/mol. The van der Waals surface area contributed by atoms with Crippen LogP contribution in [-0.4, -0.2) is 68.9 Å². The molecule has 1 aromatic rings. The Morgan fingerprint density at radius 2 is 1.67 bits per heavy atom. The SMILES string of the molecule is CC.CC(C)(C)OC(=O)N1CC2(CCN(C=O)CC2)c2ccccc21.COC(=O)C1(C)CC2CC(C)C(OC)C(C2)C1. The number of methoxy groups -OCH3 is 2. The number of ether oxygens (including phenoxy) is 3. The average Bonchev–Trinajstić information content (AvgIpc) is 3.27. The van der Waals surface area contributed by atoms with Gasteiger partial charge in [-0.1, -0.05) is 39.0 Å². The maximum Gasteiger partial charge on any atom is 0.414 e. The first-order chi connectivity index (χ1) is 19.8. The molecule has 2 bridgehead atoms. The Morgan fingerprint density at radius 3 is 2.24 bits per heavy atom. The lowest BCUT2D eigenvalue weighted by atomic mass is 9.58. The summed E-state index contributed by atoms with van der Waals surface area (Å²) in [4.78, 5) is 39.1. The van der Waals surface area contributed by atoms with Crippen molar-refractivity contribution in [2.24, 2.45) is 23.2 Å². The lowest BCUT2D eigenvalue weighted by Crippen LogP contribution is -2.47. The van der Waals surface area contributed by atoms with Crippen molar-refractivity contribution in [3.63, 3.8) is 0 Å². The summed E-state index contributed by atoms with van der Waals surface area (Å²) in [5.74, 6) is 1.76. The van der Waals surface area contributed by atoms with Crippen LogP contribution < -0.4 is 4.90 Å². The number of amides is 2. The van der Waals surface area contributed by atoms with Crippen LogP contribution in [0, 0.1) is 23.2 Å². The van der Waals surface area contributed by atoms with E-state index in [4.69, 9.17) is 14.2 Å². The molecule has 1 aromatic carbocycles. The molecule has 2 aliphatic heterocycles. The average molecular weight is 587 g/mol. The zero-order valence-corrected chi connectivity index (χ0v) is 27.4. The van der Waals surface area contributed by atoms with Crippen LogP contribution in [0.15, 0.2) is 24.3 Å². The lowest BCUT2D eigenvalue weighted by Gasteiger charge is -2.49. The van der Waals surface area contributed by atoms with Gasteiger partial charge in [-0.05, 0) is 95.6 Å². The van der Waals surface area contributed by atoms with Gasteiger partial charge in [-0.3, -0.25) is 14.5 Å². The fourth-order valence-corrected chi connectivity index (χ4v) is 7.88. The van der Waals surface area contributed by atoms with E-state index in [0.29, 0.717) is 30.4 Å². The van der Waals surface area contributed by atoms with Crippen molar-refractivity contribution in [2.75, 3.05) is 38.8 Å². The molecule has 1 spiro atoms. The third-order valence-corrected chi connectivity index (χ3v) is 9.51. The number of hydrogen-bond acceptors (Lipinski definition) is 6. The van der Waals surface area contributed by atoms with E-state index in [1.165, 1.54) is 25.5 Å². The quantitative estimate of drug-likeness (QED) is 0.293. The first kappa shape index (κ1) is 33.9. The fraction of sp³-hybridized carbons (Fsp3) is 0.735. The second kappa shape index (κ2) is 13.8. The number of anilines is 1. The standard InChI is InChI=1S/C18H24N2O3.C14H24O3.C2H6/c1-17(2,3)23-16(22)20-12-18(8-10-19(13-21)11-9-18)14-6-4-5-7-15(14)20;1-9-5-10-6-11(12(9)16-3)8-14(2,7-10)13(15)17-4;1-2/h4-7,13H,8-12H2,1-3H3;9-12H,5-8H2,1-4H3;1-2H3. The highest BCUT2D eigenvalue weighted by atomic mass is 16.6. The van der Waals surface area contributed by atoms with Crippen molar-refractivity contribution in [3.05, 3.63) is 29.8 Å². The highest BCUT2D eigenvalue weighted by Crippen LogP contribution is 2.51. The van der Waals surface area contributed by atoms with Gasteiger partial charge in [0.2, 0.25) is 6.41 Å². The maximum absolute atomic E-state index is 12.6. The van der Waals surface area contributed by atoms with Crippen molar-refractivity contribution in [3.8, 4) is 0 Å². The maximum atomic E-state index is 12.6. The summed E-state index contributed by atoms with van der Waals surface area (Å²) in [6.45, 7) is 16.1. The van der Waals surface area contributed by atoms with Gasteiger partial charge >= 0.3 is 12.1 Å². The van der Waals surface area contributed by atoms with E-state index in [0.717, 1.165) is 50.9 Å². The molecule has 8 heteroatoms. The van der Waals surface area contributed by atoms with Gasteiger partial charge in [0.25, 0.3) is 0 Å². The molecule has 0 aromatic heterocycles. The number of para-hydroxylation sites is 1. The van der Waals surface area contributed by atoms with E-state index < -0.39 is 5.60 Å². The van der Waals surface area contributed by atoms with Crippen LogP contribution in [0.2, 0.25) is 0 Å². The lowest BCUT2D eigenvalue weighted by molar-refractivity contribution is -0.161. The topological polar surface area (TPSA) is 85.4 Å². The van der Waals surface area contributed by atoms with Crippen molar-refractivity contribution >= 4 is 24.2 Å². The number of rotatable bonds is 3.